The molecule has 1 aliphatic heterocycles. The van der Waals surface area contributed by atoms with E-state index in [1.807, 2.05) is 24.3 Å². The van der Waals surface area contributed by atoms with Gasteiger partial charge in [-0.3, -0.25) is 14.6 Å². The monoisotopic (exact) mass is 480 g/mol. The fraction of sp³-hybridized carbons (Fsp3) is 0.321. The Labute approximate surface area is 202 Å². The Bertz CT molecular complexity index is 1180. The van der Waals surface area contributed by atoms with Gasteiger partial charge in [0.1, 0.15) is 11.5 Å². The fourth-order valence-corrected chi connectivity index (χ4v) is 4.78. The van der Waals surface area contributed by atoms with Gasteiger partial charge >= 0.3 is 12.1 Å². The molecule has 0 bridgehead atoms. The van der Waals surface area contributed by atoms with Crippen molar-refractivity contribution >= 4 is 17.3 Å². The lowest BCUT2D eigenvalue weighted by atomic mass is 9.91. The molecule has 182 valence electrons. The number of para-hydroxylation sites is 1. The number of anilines is 2. The van der Waals surface area contributed by atoms with Crippen molar-refractivity contribution < 1.29 is 22.7 Å². The standard InChI is InChI=1S/C28H27F3N2O2/c29-28(30,31)27(34)33(23-11-13-26(14-12-23)35-25-7-2-1-3-8-25)24-10-9-20-15-17-32(22-5-4-6-22)18-16-21(20)19-24/h1-3,7-14,19,22H,4-6,15-18H2. The number of alkyl halides is 3. The number of carbonyl (C=O) groups excluding carboxylic acids is 1. The van der Waals surface area contributed by atoms with Crippen LogP contribution in [0.25, 0.3) is 0 Å². The number of fused-ring (bicyclic) bond motifs is 1. The average Bonchev–Trinajstić information content (AvgIpc) is 3.02. The molecule has 1 aliphatic carbocycles. The summed E-state index contributed by atoms with van der Waals surface area (Å²) in [6, 6.07) is 21.1. The van der Waals surface area contributed by atoms with Crippen LogP contribution in [0, 0.1) is 0 Å². The van der Waals surface area contributed by atoms with Gasteiger partial charge in [-0.15, -0.1) is 0 Å². The molecule has 0 spiro atoms. The summed E-state index contributed by atoms with van der Waals surface area (Å²) in [6.07, 6.45) is 0.330. The van der Waals surface area contributed by atoms with E-state index < -0.39 is 12.1 Å². The van der Waals surface area contributed by atoms with E-state index in [2.05, 4.69) is 4.90 Å². The smallest absolute Gasteiger partial charge is 0.457 e. The molecular formula is C28H27F3N2O2. The molecule has 1 fully saturated rings. The highest BCUT2D eigenvalue weighted by atomic mass is 19.4. The van der Waals surface area contributed by atoms with Crippen molar-refractivity contribution in [3.8, 4) is 11.5 Å². The highest BCUT2D eigenvalue weighted by Crippen LogP contribution is 2.35. The molecule has 1 amide bonds. The number of amides is 1. The molecule has 3 aromatic carbocycles. The van der Waals surface area contributed by atoms with E-state index in [1.54, 1.807) is 36.4 Å². The van der Waals surface area contributed by atoms with Crippen LogP contribution in [0.3, 0.4) is 0 Å². The highest BCUT2D eigenvalue weighted by Gasteiger charge is 2.44. The van der Waals surface area contributed by atoms with Gasteiger partial charge < -0.3 is 4.74 Å². The maximum absolute atomic E-state index is 13.6. The third-order valence-corrected chi connectivity index (χ3v) is 6.90. The lowest BCUT2D eigenvalue weighted by Crippen LogP contribution is -2.41. The number of nitrogens with zero attached hydrogens (tertiary/aromatic N) is 2. The third kappa shape index (κ3) is 5.20. The van der Waals surface area contributed by atoms with Crippen LogP contribution in [0.5, 0.6) is 11.5 Å². The van der Waals surface area contributed by atoms with Crippen LogP contribution in [0.1, 0.15) is 30.4 Å². The van der Waals surface area contributed by atoms with Crippen LogP contribution in [-0.2, 0) is 17.6 Å². The summed E-state index contributed by atoms with van der Waals surface area (Å²) in [6.45, 7) is 1.85. The summed E-state index contributed by atoms with van der Waals surface area (Å²) in [4.78, 5) is 15.8. The molecule has 4 nitrogen and oxygen atoms in total. The van der Waals surface area contributed by atoms with Crippen LogP contribution in [0.15, 0.2) is 72.8 Å². The van der Waals surface area contributed by atoms with Gasteiger partial charge in [-0.2, -0.15) is 13.2 Å². The number of ether oxygens (including phenoxy) is 1. The van der Waals surface area contributed by atoms with Gasteiger partial charge in [0, 0.05) is 30.5 Å². The molecule has 7 heteroatoms. The van der Waals surface area contributed by atoms with Gasteiger partial charge in [0.05, 0.1) is 0 Å². The fourth-order valence-electron chi connectivity index (χ4n) is 4.78. The second kappa shape index (κ2) is 9.74. The van der Waals surface area contributed by atoms with E-state index >= 15 is 0 Å². The molecule has 35 heavy (non-hydrogen) atoms. The van der Waals surface area contributed by atoms with E-state index in [0.29, 0.717) is 17.5 Å². The molecule has 2 aliphatic rings. The Balaban J connectivity index is 1.42. The Morgan fingerprint density at radius 1 is 0.829 bits per heavy atom. The van der Waals surface area contributed by atoms with E-state index in [9.17, 15) is 18.0 Å². The van der Waals surface area contributed by atoms with Crippen LogP contribution >= 0.6 is 0 Å². The van der Waals surface area contributed by atoms with Crippen molar-refractivity contribution in [1.29, 1.82) is 0 Å². The van der Waals surface area contributed by atoms with E-state index in [-0.39, 0.29) is 11.4 Å². The molecule has 0 unspecified atom stereocenters. The van der Waals surface area contributed by atoms with Crippen LogP contribution in [0.2, 0.25) is 0 Å². The normalized spacial score (nSPS) is 16.7. The summed E-state index contributed by atoms with van der Waals surface area (Å²) in [7, 11) is 0. The third-order valence-electron chi connectivity index (χ3n) is 6.90. The van der Waals surface area contributed by atoms with Gasteiger partial charge in [0.15, 0.2) is 0 Å². The second-order valence-corrected chi connectivity index (χ2v) is 9.12. The van der Waals surface area contributed by atoms with Crippen molar-refractivity contribution in [2.45, 2.75) is 44.3 Å². The summed E-state index contributed by atoms with van der Waals surface area (Å²) in [5, 5.41) is 0. The zero-order chi connectivity index (χ0) is 24.4. The van der Waals surface area contributed by atoms with Crippen molar-refractivity contribution in [3.05, 3.63) is 83.9 Å². The molecule has 0 atom stereocenters. The predicted molar refractivity (Wildman–Crippen MR) is 129 cm³/mol. The lowest BCUT2D eigenvalue weighted by molar-refractivity contribution is -0.169. The molecular weight excluding hydrogens is 453 g/mol. The quantitative estimate of drug-likeness (QED) is 0.409. The number of halogens is 3. The van der Waals surface area contributed by atoms with Gasteiger partial charge in [-0.25, -0.2) is 0 Å². The molecule has 0 radical (unpaired) electrons. The zero-order valence-electron chi connectivity index (χ0n) is 19.3. The first kappa shape index (κ1) is 23.4. The Kier molecular flexibility index (Phi) is 6.52. The predicted octanol–water partition coefficient (Wildman–Crippen LogP) is 6.66. The van der Waals surface area contributed by atoms with E-state index in [1.165, 1.54) is 31.4 Å². The molecule has 1 heterocycles. The van der Waals surface area contributed by atoms with E-state index in [0.717, 1.165) is 42.0 Å². The molecule has 0 N–H and O–H groups in total. The summed E-state index contributed by atoms with van der Waals surface area (Å²) in [5.41, 5.74) is 2.51. The van der Waals surface area contributed by atoms with Crippen molar-refractivity contribution in [1.82, 2.24) is 4.90 Å². The molecule has 1 saturated carbocycles. The van der Waals surface area contributed by atoms with Crippen molar-refractivity contribution in [3.63, 3.8) is 0 Å². The van der Waals surface area contributed by atoms with Crippen LogP contribution in [-0.4, -0.2) is 36.1 Å². The summed E-state index contributed by atoms with van der Waals surface area (Å²) in [5.74, 6) is -0.832. The van der Waals surface area contributed by atoms with Gasteiger partial charge in [-0.1, -0.05) is 30.7 Å². The zero-order valence-corrected chi connectivity index (χ0v) is 19.3. The topological polar surface area (TPSA) is 32.8 Å². The summed E-state index contributed by atoms with van der Waals surface area (Å²) < 4.78 is 46.6. The molecule has 3 aromatic rings. The largest absolute Gasteiger partial charge is 0.472 e. The number of hydrogen-bond acceptors (Lipinski definition) is 3. The minimum atomic E-state index is -5.01. The number of benzene rings is 3. The SMILES string of the molecule is O=C(N(c1ccc(Oc2ccccc2)cc1)c1ccc2c(c1)CCN(C1CCC1)CC2)C(F)(F)F. The minimum absolute atomic E-state index is 0.136. The van der Waals surface area contributed by atoms with Gasteiger partial charge in [0.2, 0.25) is 0 Å². The average molecular weight is 481 g/mol. The minimum Gasteiger partial charge on any atom is -0.457 e. The molecule has 0 saturated heterocycles. The van der Waals surface area contributed by atoms with Crippen molar-refractivity contribution in [2.24, 2.45) is 0 Å². The first-order valence-electron chi connectivity index (χ1n) is 12.0. The second-order valence-electron chi connectivity index (χ2n) is 9.12. The Morgan fingerprint density at radius 3 is 2.09 bits per heavy atom. The van der Waals surface area contributed by atoms with E-state index in [4.69, 9.17) is 4.74 Å². The maximum Gasteiger partial charge on any atom is 0.472 e. The van der Waals surface area contributed by atoms with Gasteiger partial charge in [0.25, 0.3) is 0 Å². The highest BCUT2D eigenvalue weighted by molar-refractivity contribution is 6.03. The first-order chi connectivity index (χ1) is 16.9. The molecule has 5 rings (SSSR count). The van der Waals surface area contributed by atoms with Gasteiger partial charge in [-0.05, 0) is 85.3 Å². The lowest BCUT2D eigenvalue weighted by Gasteiger charge is -2.36. The Hall–Kier alpha value is -3.32. The molecule has 0 aromatic heterocycles. The van der Waals surface area contributed by atoms with Crippen LogP contribution < -0.4 is 9.64 Å². The number of rotatable bonds is 5. The first-order valence-corrected chi connectivity index (χ1v) is 12.0. The number of carbonyl (C=O) groups is 1. The summed E-state index contributed by atoms with van der Waals surface area (Å²) >= 11 is 0. The number of hydrogen-bond donors (Lipinski definition) is 0. The van der Waals surface area contributed by atoms with Crippen LogP contribution in [0.4, 0.5) is 24.5 Å². The Morgan fingerprint density at radius 2 is 1.46 bits per heavy atom. The van der Waals surface area contributed by atoms with Crippen molar-refractivity contribution in [2.75, 3.05) is 18.0 Å². The maximum atomic E-state index is 13.6.